The number of oxime groups is 1. The predicted molar refractivity (Wildman–Crippen MR) is 53.0 cm³/mol. The van der Waals surface area contributed by atoms with Gasteiger partial charge in [-0.25, -0.2) is 0 Å². The maximum Gasteiger partial charge on any atom is 0.0857 e. The average molecular weight is 179 g/mol. The van der Waals surface area contributed by atoms with Crippen molar-refractivity contribution >= 4 is 5.71 Å². The first-order valence-corrected chi connectivity index (χ1v) is 4.93. The first-order chi connectivity index (χ1) is 6.02. The van der Waals surface area contributed by atoms with E-state index in [1.807, 2.05) is 6.08 Å². The SMILES string of the molecule is CC1(C)[C@H]2C=C/C(=N/O)[C@]1(C)CC2. The fourth-order valence-electron chi connectivity index (χ4n) is 2.87. The molecule has 72 valence electrons. The molecule has 0 unspecified atom stereocenters. The molecule has 0 saturated heterocycles. The zero-order chi connectivity index (χ0) is 9.69. The maximum absolute atomic E-state index is 8.95. The van der Waals surface area contributed by atoms with Crippen molar-refractivity contribution in [3.05, 3.63) is 12.2 Å². The van der Waals surface area contributed by atoms with E-state index in [1.54, 1.807) is 0 Å². The van der Waals surface area contributed by atoms with Gasteiger partial charge in [-0.2, -0.15) is 0 Å². The molecule has 1 fully saturated rings. The van der Waals surface area contributed by atoms with Crippen molar-refractivity contribution in [3.63, 3.8) is 0 Å². The van der Waals surface area contributed by atoms with Crippen LogP contribution in [0.25, 0.3) is 0 Å². The van der Waals surface area contributed by atoms with Crippen LogP contribution < -0.4 is 0 Å². The lowest BCUT2D eigenvalue weighted by Gasteiger charge is -2.43. The van der Waals surface area contributed by atoms with Crippen LogP contribution in [0, 0.1) is 16.7 Å². The fourth-order valence-corrected chi connectivity index (χ4v) is 2.87. The monoisotopic (exact) mass is 179 g/mol. The minimum atomic E-state index is 0.0706. The van der Waals surface area contributed by atoms with E-state index in [1.165, 1.54) is 6.42 Å². The quantitative estimate of drug-likeness (QED) is 0.450. The molecule has 0 aromatic heterocycles. The molecular weight excluding hydrogens is 162 g/mol. The minimum absolute atomic E-state index is 0.0706. The molecule has 2 aliphatic rings. The summed E-state index contributed by atoms with van der Waals surface area (Å²) in [4.78, 5) is 0. The summed E-state index contributed by atoms with van der Waals surface area (Å²) in [5, 5.41) is 12.4. The Morgan fingerprint density at radius 1 is 1.46 bits per heavy atom. The van der Waals surface area contributed by atoms with E-state index >= 15 is 0 Å². The van der Waals surface area contributed by atoms with Gasteiger partial charge in [0.25, 0.3) is 0 Å². The Hall–Kier alpha value is -0.790. The largest absolute Gasteiger partial charge is 0.411 e. The van der Waals surface area contributed by atoms with Crippen LogP contribution in [-0.2, 0) is 0 Å². The van der Waals surface area contributed by atoms with Gasteiger partial charge in [-0.3, -0.25) is 0 Å². The highest BCUT2D eigenvalue weighted by Crippen LogP contribution is 2.59. The third-order valence-electron chi connectivity index (χ3n) is 4.46. The molecule has 0 radical (unpaired) electrons. The first-order valence-electron chi connectivity index (χ1n) is 4.93. The zero-order valence-corrected chi connectivity index (χ0v) is 8.54. The van der Waals surface area contributed by atoms with Crippen molar-refractivity contribution in [2.75, 3.05) is 0 Å². The molecule has 1 N–H and O–H groups in total. The molecule has 0 aromatic rings. The van der Waals surface area contributed by atoms with Gasteiger partial charge in [-0.05, 0) is 30.3 Å². The molecule has 2 bridgehead atoms. The molecule has 2 heteroatoms. The van der Waals surface area contributed by atoms with E-state index in [-0.39, 0.29) is 10.8 Å². The van der Waals surface area contributed by atoms with Gasteiger partial charge in [0.2, 0.25) is 0 Å². The van der Waals surface area contributed by atoms with E-state index in [2.05, 4.69) is 32.0 Å². The zero-order valence-electron chi connectivity index (χ0n) is 8.54. The number of allylic oxidation sites excluding steroid dienone is 2. The normalized spacial score (nSPS) is 44.2. The second-order valence-electron chi connectivity index (χ2n) is 5.04. The van der Waals surface area contributed by atoms with E-state index in [0.29, 0.717) is 5.92 Å². The highest BCUT2D eigenvalue weighted by atomic mass is 16.4. The smallest absolute Gasteiger partial charge is 0.0857 e. The molecule has 2 atom stereocenters. The van der Waals surface area contributed by atoms with E-state index < -0.39 is 0 Å². The van der Waals surface area contributed by atoms with Crippen LogP contribution in [0.4, 0.5) is 0 Å². The Balaban J connectivity index is 2.54. The summed E-state index contributed by atoms with van der Waals surface area (Å²) < 4.78 is 0. The minimum Gasteiger partial charge on any atom is -0.411 e. The van der Waals surface area contributed by atoms with Gasteiger partial charge in [-0.15, -0.1) is 0 Å². The van der Waals surface area contributed by atoms with E-state index in [9.17, 15) is 0 Å². The summed E-state index contributed by atoms with van der Waals surface area (Å²) in [6.45, 7) is 6.77. The van der Waals surface area contributed by atoms with Crippen LogP contribution in [-0.4, -0.2) is 10.9 Å². The Morgan fingerprint density at radius 2 is 2.15 bits per heavy atom. The van der Waals surface area contributed by atoms with Crippen molar-refractivity contribution in [1.82, 2.24) is 0 Å². The molecule has 0 aliphatic heterocycles. The van der Waals surface area contributed by atoms with Crippen LogP contribution in [0.15, 0.2) is 17.3 Å². The lowest BCUT2D eigenvalue weighted by molar-refractivity contribution is 0.167. The molecule has 0 aromatic carbocycles. The predicted octanol–water partition coefficient (Wildman–Crippen LogP) is 2.83. The third-order valence-corrected chi connectivity index (χ3v) is 4.46. The average Bonchev–Trinajstić information content (AvgIpc) is 2.24. The molecule has 13 heavy (non-hydrogen) atoms. The molecule has 2 rings (SSSR count). The van der Waals surface area contributed by atoms with Gasteiger partial charge in [-0.1, -0.05) is 32.0 Å². The topological polar surface area (TPSA) is 32.6 Å². The lowest BCUT2D eigenvalue weighted by Crippen LogP contribution is -2.42. The second-order valence-corrected chi connectivity index (χ2v) is 5.04. The van der Waals surface area contributed by atoms with Crippen LogP contribution in [0.5, 0.6) is 0 Å². The van der Waals surface area contributed by atoms with Gasteiger partial charge in [0.1, 0.15) is 0 Å². The number of hydrogen-bond donors (Lipinski definition) is 1. The van der Waals surface area contributed by atoms with Crippen molar-refractivity contribution in [2.45, 2.75) is 33.6 Å². The standard InChI is InChI=1S/C11H17NO/c1-10(2)8-4-5-9(12-13)11(10,3)7-6-8/h4-5,8,13H,6-7H2,1-3H3/b12-9-/t8-,11-/m0/s1. The number of fused-ring (bicyclic) bond motifs is 2. The highest BCUT2D eigenvalue weighted by molar-refractivity contribution is 6.01. The Labute approximate surface area is 79.3 Å². The summed E-state index contributed by atoms with van der Waals surface area (Å²) in [5.41, 5.74) is 1.16. The van der Waals surface area contributed by atoms with Crippen molar-refractivity contribution in [3.8, 4) is 0 Å². The van der Waals surface area contributed by atoms with Gasteiger partial charge in [0, 0.05) is 5.41 Å². The Morgan fingerprint density at radius 3 is 2.77 bits per heavy atom. The molecule has 0 heterocycles. The maximum atomic E-state index is 8.95. The van der Waals surface area contributed by atoms with Crippen molar-refractivity contribution in [1.29, 1.82) is 0 Å². The molecule has 2 aliphatic carbocycles. The van der Waals surface area contributed by atoms with Crippen LogP contribution in [0.1, 0.15) is 33.6 Å². The molecule has 2 nitrogen and oxygen atoms in total. The van der Waals surface area contributed by atoms with Gasteiger partial charge >= 0.3 is 0 Å². The van der Waals surface area contributed by atoms with Crippen molar-refractivity contribution < 1.29 is 5.21 Å². The van der Waals surface area contributed by atoms with E-state index in [0.717, 1.165) is 12.1 Å². The highest BCUT2D eigenvalue weighted by Gasteiger charge is 2.55. The number of hydrogen-bond acceptors (Lipinski definition) is 2. The summed E-state index contributed by atoms with van der Waals surface area (Å²) in [7, 11) is 0. The van der Waals surface area contributed by atoms with Crippen molar-refractivity contribution in [2.24, 2.45) is 21.9 Å². The number of nitrogens with zero attached hydrogens (tertiary/aromatic N) is 1. The fraction of sp³-hybridized carbons (Fsp3) is 0.727. The third kappa shape index (κ3) is 0.862. The van der Waals surface area contributed by atoms with Gasteiger partial charge in [0.05, 0.1) is 5.71 Å². The van der Waals surface area contributed by atoms with E-state index in [4.69, 9.17) is 5.21 Å². The van der Waals surface area contributed by atoms with Gasteiger partial charge < -0.3 is 5.21 Å². The summed E-state index contributed by atoms with van der Waals surface area (Å²) in [6.07, 6.45) is 6.54. The lowest BCUT2D eigenvalue weighted by atomic mass is 9.61. The summed E-state index contributed by atoms with van der Waals surface area (Å²) >= 11 is 0. The van der Waals surface area contributed by atoms with Crippen LogP contribution >= 0.6 is 0 Å². The molecular formula is C11H17NO. The van der Waals surface area contributed by atoms with Crippen LogP contribution in [0.2, 0.25) is 0 Å². The molecule has 1 saturated carbocycles. The number of rotatable bonds is 0. The van der Waals surface area contributed by atoms with Gasteiger partial charge in [0.15, 0.2) is 0 Å². The van der Waals surface area contributed by atoms with Crippen LogP contribution in [0.3, 0.4) is 0 Å². The Bertz CT molecular complexity index is 290. The molecule has 0 spiro atoms. The summed E-state index contributed by atoms with van der Waals surface area (Å²) in [6, 6.07) is 0. The summed E-state index contributed by atoms with van der Waals surface area (Å²) in [5.74, 6) is 0.656. The first kappa shape index (κ1) is 8.79. The second kappa shape index (κ2) is 2.37. The Kier molecular flexibility index (Phi) is 1.60. The molecule has 0 amide bonds.